The third-order valence-corrected chi connectivity index (χ3v) is 5.74. The van der Waals surface area contributed by atoms with Crippen LogP contribution >= 0.6 is 0 Å². The molecule has 148 valence electrons. The molecule has 2 aromatic rings. The maximum atomic E-state index is 12.8. The summed E-state index contributed by atoms with van der Waals surface area (Å²) in [5, 5.41) is 7.19. The number of esters is 1. The van der Waals surface area contributed by atoms with Crippen LogP contribution in [0.2, 0.25) is 0 Å². The van der Waals surface area contributed by atoms with Gasteiger partial charge in [-0.25, -0.2) is 4.99 Å². The number of para-hydroxylation sites is 1. The number of aromatic amines is 1. The van der Waals surface area contributed by atoms with Gasteiger partial charge in [-0.05, 0) is 38.2 Å². The van der Waals surface area contributed by atoms with E-state index >= 15 is 0 Å². The van der Waals surface area contributed by atoms with Gasteiger partial charge in [0.1, 0.15) is 11.7 Å². The summed E-state index contributed by atoms with van der Waals surface area (Å²) in [6, 6.07) is 8.04. The SMILES string of the molecule is CCCC1=Nc2[nH]ncc2C(c2ccccc2OC2CCCC2)C1C(=O)OC. The van der Waals surface area contributed by atoms with Crippen LogP contribution in [0.3, 0.4) is 0 Å². The van der Waals surface area contributed by atoms with Gasteiger partial charge >= 0.3 is 5.97 Å². The predicted octanol–water partition coefficient (Wildman–Crippen LogP) is 4.54. The van der Waals surface area contributed by atoms with Crippen molar-refractivity contribution in [3.05, 3.63) is 41.6 Å². The minimum atomic E-state index is -0.469. The molecule has 2 atom stereocenters. The molecule has 1 aliphatic carbocycles. The molecule has 0 radical (unpaired) electrons. The highest BCUT2D eigenvalue weighted by molar-refractivity contribution is 6.06. The zero-order chi connectivity index (χ0) is 19.5. The third-order valence-electron chi connectivity index (χ3n) is 5.74. The van der Waals surface area contributed by atoms with Gasteiger partial charge in [-0.3, -0.25) is 9.89 Å². The van der Waals surface area contributed by atoms with Crippen molar-refractivity contribution in [1.82, 2.24) is 10.2 Å². The van der Waals surface area contributed by atoms with Crippen molar-refractivity contribution >= 4 is 17.5 Å². The maximum absolute atomic E-state index is 12.8. The first-order valence-electron chi connectivity index (χ1n) is 10.2. The van der Waals surface area contributed by atoms with E-state index in [9.17, 15) is 4.79 Å². The van der Waals surface area contributed by atoms with Gasteiger partial charge < -0.3 is 9.47 Å². The Balaban J connectivity index is 1.80. The number of carbonyl (C=O) groups excluding carboxylic acids is 1. The lowest BCUT2D eigenvalue weighted by atomic mass is 9.76. The molecule has 0 spiro atoms. The number of H-pyrrole nitrogens is 1. The summed E-state index contributed by atoms with van der Waals surface area (Å²) in [5.41, 5.74) is 2.75. The van der Waals surface area contributed by atoms with Crippen molar-refractivity contribution in [3.8, 4) is 5.75 Å². The highest BCUT2D eigenvalue weighted by Crippen LogP contribution is 2.45. The lowest BCUT2D eigenvalue weighted by Crippen LogP contribution is -2.34. The van der Waals surface area contributed by atoms with Crippen molar-refractivity contribution in [2.24, 2.45) is 10.9 Å². The van der Waals surface area contributed by atoms with Gasteiger partial charge in [-0.15, -0.1) is 0 Å². The van der Waals surface area contributed by atoms with Crippen LogP contribution in [0, 0.1) is 5.92 Å². The van der Waals surface area contributed by atoms with Gasteiger partial charge in [0.05, 0.1) is 19.4 Å². The molecule has 2 aliphatic rings. The van der Waals surface area contributed by atoms with E-state index in [2.05, 4.69) is 23.2 Å². The molecule has 2 heterocycles. The lowest BCUT2D eigenvalue weighted by Gasteiger charge is -2.31. The Morgan fingerprint density at radius 1 is 1.21 bits per heavy atom. The summed E-state index contributed by atoms with van der Waals surface area (Å²) >= 11 is 0. The standard InChI is InChI=1S/C22H27N3O3/c1-3-8-17-20(22(26)27-2)19(16-13-23-25-21(16)24-17)15-11-6-7-12-18(15)28-14-9-4-5-10-14/h6-7,11-14,19-20H,3-5,8-10H2,1-2H3,(H,23,25). The quantitative estimate of drug-likeness (QED) is 0.746. The molecule has 0 saturated heterocycles. The molecule has 28 heavy (non-hydrogen) atoms. The minimum Gasteiger partial charge on any atom is -0.490 e. The molecule has 1 N–H and O–H groups in total. The van der Waals surface area contributed by atoms with Gasteiger partial charge in [0, 0.05) is 22.8 Å². The van der Waals surface area contributed by atoms with E-state index in [0.29, 0.717) is 0 Å². The van der Waals surface area contributed by atoms with Gasteiger partial charge in [-0.1, -0.05) is 31.5 Å². The van der Waals surface area contributed by atoms with E-state index in [1.54, 1.807) is 6.20 Å². The zero-order valence-electron chi connectivity index (χ0n) is 16.5. The number of nitrogens with zero attached hydrogens (tertiary/aromatic N) is 2. The molecule has 4 rings (SSSR count). The maximum Gasteiger partial charge on any atom is 0.315 e. The van der Waals surface area contributed by atoms with E-state index in [1.165, 1.54) is 20.0 Å². The predicted molar refractivity (Wildman–Crippen MR) is 107 cm³/mol. The summed E-state index contributed by atoms with van der Waals surface area (Å²) < 4.78 is 11.6. The minimum absolute atomic E-state index is 0.224. The molecule has 1 aromatic heterocycles. The second kappa shape index (κ2) is 8.17. The molecule has 6 nitrogen and oxygen atoms in total. The van der Waals surface area contributed by atoms with Gasteiger partial charge in [-0.2, -0.15) is 5.10 Å². The molecule has 2 unspecified atom stereocenters. The number of methoxy groups -OCH3 is 1. The van der Waals surface area contributed by atoms with E-state index in [4.69, 9.17) is 14.5 Å². The highest BCUT2D eigenvalue weighted by atomic mass is 16.5. The Morgan fingerprint density at radius 3 is 2.75 bits per heavy atom. The van der Waals surface area contributed by atoms with E-state index in [1.807, 2.05) is 18.2 Å². The second-order valence-corrected chi connectivity index (χ2v) is 7.57. The Hall–Kier alpha value is -2.63. The number of benzene rings is 1. The number of rotatable bonds is 6. The van der Waals surface area contributed by atoms with Crippen LogP contribution in [0.4, 0.5) is 5.82 Å². The summed E-state index contributed by atoms with van der Waals surface area (Å²) in [5.74, 6) is 0.614. The fourth-order valence-electron chi connectivity index (χ4n) is 4.44. The molecule has 1 aliphatic heterocycles. The van der Waals surface area contributed by atoms with Crippen molar-refractivity contribution in [2.75, 3.05) is 7.11 Å². The number of aromatic nitrogens is 2. The van der Waals surface area contributed by atoms with Crippen molar-refractivity contribution < 1.29 is 14.3 Å². The van der Waals surface area contributed by atoms with Crippen LogP contribution in [-0.4, -0.2) is 35.1 Å². The van der Waals surface area contributed by atoms with Gasteiger partial charge in [0.2, 0.25) is 0 Å². The fourth-order valence-corrected chi connectivity index (χ4v) is 4.44. The second-order valence-electron chi connectivity index (χ2n) is 7.57. The van der Waals surface area contributed by atoms with Crippen LogP contribution < -0.4 is 4.74 Å². The molecule has 0 bridgehead atoms. The first-order valence-corrected chi connectivity index (χ1v) is 10.2. The van der Waals surface area contributed by atoms with Crippen LogP contribution in [-0.2, 0) is 9.53 Å². The van der Waals surface area contributed by atoms with E-state index in [0.717, 1.165) is 54.1 Å². The van der Waals surface area contributed by atoms with E-state index in [-0.39, 0.29) is 18.0 Å². The Morgan fingerprint density at radius 2 is 2.00 bits per heavy atom. The average molecular weight is 381 g/mol. The largest absolute Gasteiger partial charge is 0.490 e. The summed E-state index contributed by atoms with van der Waals surface area (Å²) in [6.07, 6.45) is 8.24. The summed E-state index contributed by atoms with van der Waals surface area (Å²) in [4.78, 5) is 17.6. The van der Waals surface area contributed by atoms with Gasteiger partial charge in [0.15, 0.2) is 5.82 Å². The number of carbonyl (C=O) groups is 1. The number of nitrogens with one attached hydrogen (secondary N) is 1. The molecule has 0 amide bonds. The Kier molecular flexibility index (Phi) is 5.46. The number of ether oxygens (including phenoxy) is 2. The van der Waals surface area contributed by atoms with Crippen molar-refractivity contribution in [3.63, 3.8) is 0 Å². The van der Waals surface area contributed by atoms with E-state index < -0.39 is 5.92 Å². The Labute approximate surface area is 165 Å². The van der Waals surface area contributed by atoms with Gasteiger partial charge in [0.25, 0.3) is 0 Å². The first-order chi connectivity index (χ1) is 13.7. The fraction of sp³-hybridized carbons (Fsp3) is 0.500. The summed E-state index contributed by atoms with van der Waals surface area (Å²) in [6.45, 7) is 2.09. The van der Waals surface area contributed by atoms with Crippen molar-refractivity contribution in [2.45, 2.75) is 57.5 Å². The third kappa shape index (κ3) is 3.43. The lowest BCUT2D eigenvalue weighted by molar-refractivity contribution is -0.143. The molecular formula is C22H27N3O3. The van der Waals surface area contributed by atoms with Crippen LogP contribution in [0.1, 0.15) is 62.5 Å². The number of fused-ring (bicyclic) bond motifs is 1. The average Bonchev–Trinajstić information content (AvgIpc) is 3.39. The molecule has 6 heteroatoms. The number of hydrogen-bond acceptors (Lipinski definition) is 5. The highest BCUT2D eigenvalue weighted by Gasteiger charge is 2.41. The first kappa shape index (κ1) is 18.7. The monoisotopic (exact) mass is 381 g/mol. The van der Waals surface area contributed by atoms with Crippen LogP contribution in [0.15, 0.2) is 35.5 Å². The normalized spacial score (nSPS) is 21.9. The number of hydrogen-bond donors (Lipinski definition) is 1. The molecule has 1 fully saturated rings. The topological polar surface area (TPSA) is 76.6 Å². The molecule has 1 saturated carbocycles. The molecule has 1 aromatic carbocycles. The van der Waals surface area contributed by atoms with Crippen molar-refractivity contribution in [1.29, 1.82) is 0 Å². The smallest absolute Gasteiger partial charge is 0.315 e. The zero-order valence-corrected chi connectivity index (χ0v) is 16.5. The number of aliphatic imine (C=N–C) groups is 1. The van der Waals surface area contributed by atoms with Crippen LogP contribution in [0.5, 0.6) is 5.75 Å². The Bertz CT molecular complexity index is 867. The molecular weight excluding hydrogens is 354 g/mol. The van der Waals surface area contributed by atoms with Crippen LogP contribution in [0.25, 0.3) is 0 Å². The summed E-state index contributed by atoms with van der Waals surface area (Å²) in [7, 11) is 1.44.